The van der Waals surface area contributed by atoms with Crippen LogP contribution in [0.5, 0.6) is 0 Å². The van der Waals surface area contributed by atoms with Crippen molar-refractivity contribution in [3.05, 3.63) is 48.5 Å². The summed E-state index contributed by atoms with van der Waals surface area (Å²) in [5, 5.41) is 8.10. The molecule has 2 aromatic carbocycles. The van der Waals surface area contributed by atoms with E-state index < -0.39 is 0 Å². The molecule has 76 valence electrons. The number of hydrogen-bond acceptors (Lipinski definition) is 2. The Hall–Kier alpha value is -1.22. The zero-order valence-electron chi connectivity index (χ0n) is 7.74. The van der Waals surface area contributed by atoms with Gasteiger partial charge in [0.2, 0.25) is 0 Å². The van der Waals surface area contributed by atoms with E-state index >= 15 is 0 Å². The van der Waals surface area contributed by atoms with Gasteiger partial charge in [0.05, 0.1) is 11.4 Å². The minimum atomic E-state index is 0. The van der Waals surface area contributed by atoms with Crippen molar-refractivity contribution < 1.29 is 22.4 Å². The summed E-state index contributed by atoms with van der Waals surface area (Å²) in [6.07, 6.45) is 0. The Morgan fingerprint density at radius 2 is 1.73 bits per heavy atom. The molecule has 0 saturated carbocycles. The molecule has 1 heterocycles. The molecule has 0 fully saturated rings. The Bertz CT molecular complexity index is 506. The maximum absolute atomic E-state index is 4.09. The standard InChI is InChI=1S/C12H7N2.Au/c1-2-4-9(5-3-1)11-7-6-10-8-12(11)14-13-10;/h2-8H;/q-1;+1. The van der Waals surface area contributed by atoms with Crippen LogP contribution in [0.2, 0.25) is 0 Å². The van der Waals surface area contributed by atoms with E-state index in [9.17, 15) is 0 Å². The molecule has 2 nitrogen and oxygen atoms in total. The van der Waals surface area contributed by atoms with Gasteiger partial charge in [0.1, 0.15) is 0 Å². The second-order valence-corrected chi connectivity index (χ2v) is 3.19. The van der Waals surface area contributed by atoms with Gasteiger partial charge in [-0.3, -0.25) is 0 Å². The predicted molar refractivity (Wildman–Crippen MR) is 54.9 cm³/mol. The van der Waals surface area contributed by atoms with Gasteiger partial charge in [0, 0.05) is 0 Å². The van der Waals surface area contributed by atoms with E-state index in [1.807, 2.05) is 36.4 Å². The number of fused-ring (bicyclic) bond motifs is 2. The van der Waals surface area contributed by atoms with Crippen LogP contribution < -0.4 is 0 Å². The fourth-order valence-corrected chi connectivity index (χ4v) is 1.59. The fourth-order valence-electron chi connectivity index (χ4n) is 1.59. The van der Waals surface area contributed by atoms with Crippen LogP contribution in [0.15, 0.2) is 52.7 Å². The quantitative estimate of drug-likeness (QED) is 0.455. The third kappa shape index (κ3) is 1.79. The monoisotopic (exact) mass is 376 g/mol. The van der Waals surface area contributed by atoms with E-state index in [2.05, 4.69) is 22.4 Å². The van der Waals surface area contributed by atoms with Crippen LogP contribution in [0, 0.1) is 6.07 Å². The largest absolute Gasteiger partial charge is 1.00 e. The second kappa shape index (κ2) is 4.11. The molecule has 3 rings (SSSR count). The number of hydrogen-bond donors (Lipinski definition) is 0. The molecule has 0 spiro atoms. The Morgan fingerprint density at radius 1 is 0.933 bits per heavy atom. The number of rotatable bonds is 1. The van der Waals surface area contributed by atoms with Gasteiger partial charge in [-0.05, 0) is 17.7 Å². The molecule has 15 heavy (non-hydrogen) atoms. The van der Waals surface area contributed by atoms with Crippen LogP contribution in [-0.4, -0.2) is 0 Å². The van der Waals surface area contributed by atoms with Crippen molar-refractivity contribution in [1.29, 1.82) is 0 Å². The molecule has 0 radical (unpaired) electrons. The van der Waals surface area contributed by atoms with Gasteiger partial charge in [0.25, 0.3) is 0 Å². The van der Waals surface area contributed by atoms with Crippen molar-refractivity contribution in [2.24, 2.45) is 10.2 Å². The van der Waals surface area contributed by atoms with Crippen LogP contribution in [0.25, 0.3) is 11.1 Å². The summed E-state index contributed by atoms with van der Waals surface area (Å²) in [5.74, 6) is 0. The fraction of sp³-hybridized carbons (Fsp3) is 0. The average Bonchev–Trinajstić information content (AvgIpc) is 2.62. The van der Waals surface area contributed by atoms with Crippen LogP contribution in [0.3, 0.4) is 0 Å². The first kappa shape index (κ1) is 10.3. The van der Waals surface area contributed by atoms with Gasteiger partial charge in [-0.2, -0.15) is 35.4 Å². The smallest absolute Gasteiger partial charge is 0.184 e. The van der Waals surface area contributed by atoms with Crippen molar-refractivity contribution in [1.82, 2.24) is 0 Å². The number of nitrogens with zero attached hydrogens (tertiary/aromatic N) is 2. The Labute approximate surface area is 104 Å². The summed E-state index contributed by atoms with van der Waals surface area (Å²) >= 11 is 0. The molecule has 1 aliphatic heterocycles. The number of azo groups is 1. The van der Waals surface area contributed by atoms with Gasteiger partial charge in [-0.1, -0.05) is 6.07 Å². The van der Waals surface area contributed by atoms with Gasteiger partial charge in [-0.15, -0.1) is 10.7 Å². The van der Waals surface area contributed by atoms with Gasteiger partial charge < -0.3 is 0 Å². The average molecular weight is 376 g/mol. The summed E-state index contributed by atoms with van der Waals surface area (Å²) in [6.45, 7) is 0. The van der Waals surface area contributed by atoms with Crippen molar-refractivity contribution >= 4 is 11.4 Å². The van der Waals surface area contributed by atoms with Gasteiger partial charge in [-0.25, -0.2) is 0 Å². The molecule has 2 bridgehead atoms. The minimum Gasteiger partial charge on any atom is -0.184 e. The van der Waals surface area contributed by atoms with E-state index in [0.717, 1.165) is 22.5 Å². The molecule has 2 aromatic rings. The molecule has 3 heteroatoms. The Balaban J connectivity index is 0.000000853. The number of benzene rings is 2. The molecular formula is C12H7AuN2. The maximum Gasteiger partial charge on any atom is 1.00 e. The Kier molecular flexibility index (Phi) is 2.82. The third-order valence-corrected chi connectivity index (χ3v) is 2.28. The molecule has 0 N–H and O–H groups in total. The molecule has 0 saturated heterocycles. The first-order valence-corrected chi connectivity index (χ1v) is 4.46. The third-order valence-electron chi connectivity index (χ3n) is 2.28. The van der Waals surface area contributed by atoms with Crippen molar-refractivity contribution in [3.8, 4) is 11.1 Å². The molecule has 0 atom stereocenters. The summed E-state index contributed by atoms with van der Waals surface area (Å²) in [6, 6.07) is 16.9. The van der Waals surface area contributed by atoms with E-state index in [1.54, 1.807) is 0 Å². The minimum absolute atomic E-state index is 0. The van der Waals surface area contributed by atoms with Crippen molar-refractivity contribution in [2.45, 2.75) is 0 Å². The normalized spacial score (nSPS) is 11.2. The van der Waals surface area contributed by atoms with Gasteiger partial charge >= 0.3 is 22.4 Å². The first-order chi connectivity index (χ1) is 6.93. The molecule has 0 amide bonds. The first-order valence-electron chi connectivity index (χ1n) is 4.46. The second-order valence-electron chi connectivity index (χ2n) is 3.19. The summed E-state index contributed by atoms with van der Waals surface area (Å²) in [7, 11) is 0. The van der Waals surface area contributed by atoms with Gasteiger partial charge in [0.15, 0.2) is 0 Å². The van der Waals surface area contributed by atoms with Crippen LogP contribution >= 0.6 is 0 Å². The summed E-state index contributed by atoms with van der Waals surface area (Å²) in [5.41, 5.74) is 4.18. The van der Waals surface area contributed by atoms with Crippen LogP contribution in [-0.2, 0) is 22.4 Å². The molecular weight excluding hydrogens is 369 g/mol. The van der Waals surface area contributed by atoms with Crippen molar-refractivity contribution in [3.63, 3.8) is 0 Å². The van der Waals surface area contributed by atoms with Crippen molar-refractivity contribution in [2.75, 3.05) is 0 Å². The van der Waals surface area contributed by atoms with Crippen LogP contribution in [0.1, 0.15) is 0 Å². The zero-order valence-corrected chi connectivity index (χ0v) is 9.90. The summed E-state index contributed by atoms with van der Waals surface area (Å²) in [4.78, 5) is 0. The molecule has 0 unspecified atom stereocenters. The maximum atomic E-state index is 4.09. The molecule has 0 aliphatic carbocycles. The van der Waals surface area contributed by atoms with E-state index in [-0.39, 0.29) is 22.4 Å². The molecule has 1 aliphatic rings. The molecule has 0 aromatic heterocycles. The summed E-state index contributed by atoms with van der Waals surface area (Å²) < 4.78 is 0. The topological polar surface area (TPSA) is 24.7 Å². The van der Waals surface area contributed by atoms with Crippen LogP contribution in [0.4, 0.5) is 11.4 Å². The van der Waals surface area contributed by atoms with E-state index in [0.29, 0.717) is 0 Å². The zero-order chi connectivity index (χ0) is 9.38. The SMILES string of the molecule is [Au+].[c-]1ccc(-c2ccc3cc2N=N3)cc1. The predicted octanol–water partition coefficient (Wildman–Crippen LogP) is 3.88. The van der Waals surface area contributed by atoms with E-state index in [1.165, 1.54) is 0 Å². The van der Waals surface area contributed by atoms with E-state index in [4.69, 9.17) is 0 Å². The Morgan fingerprint density at radius 3 is 2.53 bits per heavy atom.